The van der Waals surface area contributed by atoms with Crippen molar-refractivity contribution in [3.8, 4) is 0 Å². The molecule has 13 heavy (non-hydrogen) atoms. The Hall–Kier alpha value is -1.58. The van der Waals surface area contributed by atoms with Gasteiger partial charge in [0, 0.05) is 4.92 Å². The maximum atomic E-state index is 10.1. The summed E-state index contributed by atoms with van der Waals surface area (Å²) >= 11 is 0. The summed E-state index contributed by atoms with van der Waals surface area (Å²) in [7, 11) is 0. The van der Waals surface area contributed by atoms with Crippen molar-refractivity contribution in [3.63, 3.8) is 0 Å². The van der Waals surface area contributed by atoms with Crippen LogP contribution in [-0.2, 0) is 0 Å². The Labute approximate surface area is 76.6 Å². The van der Waals surface area contributed by atoms with Crippen LogP contribution in [0, 0.1) is 10.1 Å². The molecule has 0 saturated heterocycles. The third-order valence-electron chi connectivity index (χ3n) is 1.69. The fourth-order valence-corrected chi connectivity index (χ4v) is 1.15. The van der Waals surface area contributed by atoms with Crippen LogP contribution in [0.3, 0.4) is 0 Å². The second-order valence-corrected chi connectivity index (χ2v) is 2.89. The van der Waals surface area contributed by atoms with E-state index in [9.17, 15) is 10.1 Å². The maximum absolute atomic E-state index is 10.1. The first-order chi connectivity index (χ1) is 6.18. The van der Waals surface area contributed by atoms with E-state index >= 15 is 0 Å². The van der Waals surface area contributed by atoms with Crippen LogP contribution in [0.15, 0.2) is 35.6 Å². The average molecular weight is 180 g/mol. The van der Waals surface area contributed by atoms with E-state index in [1.807, 2.05) is 18.2 Å². The van der Waals surface area contributed by atoms with Crippen molar-refractivity contribution in [3.05, 3.63) is 45.7 Å². The summed E-state index contributed by atoms with van der Waals surface area (Å²) in [5.74, 6) is 0. The van der Waals surface area contributed by atoms with Crippen LogP contribution in [0.25, 0.3) is 0 Å². The van der Waals surface area contributed by atoms with E-state index in [1.54, 1.807) is 6.08 Å². The number of allylic oxidation sites excluding steroid dienone is 5. The van der Waals surface area contributed by atoms with Crippen molar-refractivity contribution in [1.29, 1.82) is 0 Å². The number of rotatable bonds is 3. The molecule has 4 nitrogen and oxygen atoms in total. The Bertz CT molecular complexity index is 290. The van der Waals surface area contributed by atoms with E-state index in [-0.39, 0.29) is 6.54 Å². The van der Waals surface area contributed by atoms with Crippen molar-refractivity contribution in [1.82, 2.24) is 0 Å². The summed E-state index contributed by atoms with van der Waals surface area (Å²) in [6, 6.07) is 0. The highest BCUT2D eigenvalue weighted by molar-refractivity contribution is 5.34. The highest BCUT2D eigenvalue weighted by atomic mass is 16.6. The van der Waals surface area contributed by atoms with Crippen molar-refractivity contribution in [2.45, 2.75) is 12.8 Å². The van der Waals surface area contributed by atoms with Gasteiger partial charge in [0.15, 0.2) is 0 Å². The summed E-state index contributed by atoms with van der Waals surface area (Å²) in [6.07, 6.45) is 9.65. The van der Waals surface area contributed by atoms with Gasteiger partial charge in [-0.15, -0.1) is 0 Å². The topological polar surface area (TPSA) is 69.2 Å². The van der Waals surface area contributed by atoms with Gasteiger partial charge in [-0.25, -0.2) is 0 Å². The molecule has 0 radical (unpaired) electrons. The second-order valence-electron chi connectivity index (χ2n) is 2.89. The normalized spacial score (nSPS) is 16.9. The molecule has 0 atom stereocenters. The molecule has 0 fully saturated rings. The minimum Gasteiger partial charge on any atom is -0.397 e. The summed E-state index contributed by atoms with van der Waals surface area (Å²) < 4.78 is 0. The lowest BCUT2D eigenvalue weighted by molar-refractivity contribution is -0.471. The van der Waals surface area contributed by atoms with E-state index in [1.165, 1.54) is 0 Å². The predicted octanol–water partition coefficient (Wildman–Crippen LogP) is 1.38. The Balaban J connectivity index is 2.58. The van der Waals surface area contributed by atoms with Crippen LogP contribution < -0.4 is 5.73 Å². The molecule has 0 aromatic rings. The van der Waals surface area contributed by atoms with Crippen LogP contribution >= 0.6 is 0 Å². The number of nitrogens with zero attached hydrogens (tertiary/aromatic N) is 1. The quantitative estimate of drug-likeness (QED) is 0.527. The molecule has 0 heterocycles. The Morgan fingerprint density at radius 3 is 3.00 bits per heavy atom. The van der Waals surface area contributed by atoms with Crippen LogP contribution in [-0.4, -0.2) is 11.5 Å². The Kier molecular flexibility index (Phi) is 3.25. The molecular formula is C9H12N2O2. The van der Waals surface area contributed by atoms with Gasteiger partial charge in [0.1, 0.15) is 0 Å². The molecule has 0 bridgehead atoms. The van der Waals surface area contributed by atoms with Crippen LogP contribution in [0.2, 0.25) is 0 Å². The highest BCUT2D eigenvalue weighted by Gasteiger charge is 2.01. The van der Waals surface area contributed by atoms with Crippen molar-refractivity contribution < 1.29 is 4.92 Å². The van der Waals surface area contributed by atoms with E-state index in [4.69, 9.17) is 5.73 Å². The summed E-state index contributed by atoms with van der Waals surface area (Å²) in [5, 5.41) is 10.1. The lowest BCUT2D eigenvalue weighted by Crippen LogP contribution is -2.11. The lowest BCUT2D eigenvalue weighted by Gasteiger charge is -2.01. The third kappa shape index (κ3) is 3.55. The monoisotopic (exact) mass is 180 g/mol. The predicted molar refractivity (Wildman–Crippen MR) is 50.6 cm³/mol. The molecule has 1 aliphatic rings. The van der Waals surface area contributed by atoms with Crippen molar-refractivity contribution >= 4 is 0 Å². The minimum absolute atomic E-state index is 0.287. The van der Waals surface area contributed by atoms with Gasteiger partial charge in [-0.2, -0.15) is 0 Å². The number of nitro groups is 1. The molecule has 70 valence electrons. The first kappa shape index (κ1) is 9.51. The molecule has 0 aromatic heterocycles. The van der Waals surface area contributed by atoms with Gasteiger partial charge in [-0.3, -0.25) is 10.1 Å². The first-order valence-corrected chi connectivity index (χ1v) is 4.13. The first-order valence-electron chi connectivity index (χ1n) is 4.13. The largest absolute Gasteiger partial charge is 0.397 e. The highest BCUT2D eigenvalue weighted by Crippen LogP contribution is 2.11. The van der Waals surface area contributed by atoms with Crippen LogP contribution in [0.4, 0.5) is 0 Å². The molecular weight excluding hydrogens is 168 g/mol. The van der Waals surface area contributed by atoms with Gasteiger partial charge >= 0.3 is 0 Å². The second kappa shape index (κ2) is 4.45. The summed E-state index contributed by atoms with van der Waals surface area (Å²) in [4.78, 5) is 9.67. The average Bonchev–Trinajstić information content (AvgIpc) is 2.04. The number of hydrogen-bond acceptors (Lipinski definition) is 3. The SMILES string of the molecule is N/C(=C\C1=CCCC=C1)C[N+](=O)[O-]. The van der Waals surface area contributed by atoms with Crippen LogP contribution in [0.5, 0.6) is 0 Å². The van der Waals surface area contributed by atoms with Gasteiger partial charge in [-0.05, 0) is 24.5 Å². The van der Waals surface area contributed by atoms with Gasteiger partial charge in [0.05, 0.1) is 5.70 Å². The Morgan fingerprint density at radius 1 is 1.69 bits per heavy atom. The van der Waals surface area contributed by atoms with E-state index in [0.29, 0.717) is 5.70 Å². The van der Waals surface area contributed by atoms with E-state index in [2.05, 4.69) is 0 Å². The van der Waals surface area contributed by atoms with Gasteiger partial charge in [-0.1, -0.05) is 18.2 Å². The standard InChI is InChI=1S/C9H12N2O2/c10-9(7-11(12)13)6-8-4-2-1-3-5-8/h2,4-6H,1,3,7,10H2/b9-6-. The molecule has 0 saturated carbocycles. The molecule has 0 aliphatic heterocycles. The van der Waals surface area contributed by atoms with E-state index < -0.39 is 4.92 Å². The summed E-state index contributed by atoms with van der Waals surface area (Å²) in [5.41, 5.74) is 6.71. The molecule has 1 rings (SSSR count). The zero-order valence-electron chi connectivity index (χ0n) is 7.27. The van der Waals surface area contributed by atoms with Gasteiger partial charge in [0.2, 0.25) is 6.54 Å². The minimum atomic E-state index is -0.432. The molecule has 0 amide bonds. The van der Waals surface area contributed by atoms with Crippen molar-refractivity contribution in [2.24, 2.45) is 5.73 Å². The van der Waals surface area contributed by atoms with Gasteiger partial charge in [0.25, 0.3) is 0 Å². The smallest absolute Gasteiger partial charge is 0.242 e. The molecule has 0 unspecified atom stereocenters. The number of hydrogen-bond donors (Lipinski definition) is 1. The summed E-state index contributed by atoms with van der Waals surface area (Å²) in [6.45, 7) is -0.287. The number of nitrogens with two attached hydrogens (primary N) is 1. The zero-order valence-corrected chi connectivity index (χ0v) is 7.27. The van der Waals surface area contributed by atoms with Gasteiger partial charge < -0.3 is 5.73 Å². The molecule has 2 N–H and O–H groups in total. The lowest BCUT2D eigenvalue weighted by atomic mass is 10.1. The fourth-order valence-electron chi connectivity index (χ4n) is 1.15. The van der Waals surface area contributed by atoms with Crippen LogP contribution in [0.1, 0.15) is 12.8 Å². The third-order valence-corrected chi connectivity index (χ3v) is 1.69. The van der Waals surface area contributed by atoms with Crippen molar-refractivity contribution in [2.75, 3.05) is 6.54 Å². The Morgan fingerprint density at radius 2 is 2.46 bits per heavy atom. The fraction of sp³-hybridized carbons (Fsp3) is 0.333. The molecule has 4 heteroatoms. The van der Waals surface area contributed by atoms with E-state index in [0.717, 1.165) is 18.4 Å². The molecule has 0 aromatic carbocycles. The maximum Gasteiger partial charge on any atom is 0.242 e. The zero-order chi connectivity index (χ0) is 9.68. The molecule has 1 aliphatic carbocycles. The molecule has 0 spiro atoms.